The molecule has 2 aliphatic heterocycles. The molecule has 3 rings (SSSR count). The number of carbonyl (C=O) groups excluding carboxylic acids is 2. The fourth-order valence-corrected chi connectivity index (χ4v) is 5.49. The standard InChI is InChI=1S/C24H37N3O2S/c1-16(2)25-23(29)26-13-11-18(12-14-26)15-27-21(28)17(3)30-22(27)19-7-9-20(10-8-19)24(4,5)6/h7-10,16-18,22H,11-15H2,1-6H3,(H,25,29)/t17-,22-/m0/s1. The Bertz CT molecular complexity index is 749. The quantitative estimate of drug-likeness (QED) is 0.747. The van der Waals surface area contributed by atoms with E-state index in [2.05, 4.69) is 55.3 Å². The molecule has 2 saturated heterocycles. The molecule has 1 aromatic carbocycles. The van der Waals surface area contributed by atoms with Gasteiger partial charge in [0.15, 0.2) is 0 Å². The molecule has 5 nitrogen and oxygen atoms in total. The highest BCUT2D eigenvalue weighted by atomic mass is 32.2. The molecule has 2 aliphatic rings. The summed E-state index contributed by atoms with van der Waals surface area (Å²) in [5.74, 6) is 0.684. The van der Waals surface area contributed by atoms with Crippen LogP contribution in [0.25, 0.3) is 0 Å². The highest BCUT2D eigenvalue weighted by Gasteiger charge is 2.40. The third kappa shape index (κ3) is 5.32. The highest BCUT2D eigenvalue weighted by Crippen LogP contribution is 2.44. The van der Waals surface area contributed by atoms with Gasteiger partial charge in [0.2, 0.25) is 5.91 Å². The van der Waals surface area contributed by atoms with Crippen molar-refractivity contribution in [2.75, 3.05) is 19.6 Å². The number of urea groups is 1. The average molecular weight is 432 g/mol. The Hall–Kier alpha value is -1.69. The lowest BCUT2D eigenvalue weighted by molar-refractivity contribution is -0.130. The molecule has 0 saturated carbocycles. The van der Waals surface area contributed by atoms with E-state index >= 15 is 0 Å². The number of hydrogen-bond donors (Lipinski definition) is 1. The van der Waals surface area contributed by atoms with Crippen LogP contribution in [0.15, 0.2) is 24.3 Å². The third-order valence-corrected chi connectivity index (χ3v) is 7.47. The molecule has 166 valence electrons. The van der Waals surface area contributed by atoms with Gasteiger partial charge in [0.25, 0.3) is 0 Å². The van der Waals surface area contributed by atoms with Gasteiger partial charge in [-0.15, -0.1) is 11.8 Å². The first-order chi connectivity index (χ1) is 14.1. The van der Waals surface area contributed by atoms with Gasteiger partial charge in [0.05, 0.1) is 5.25 Å². The molecule has 6 heteroatoms. The SMILES string of the molecule is CC(C)NC(=O)N1CCC(CN2C(=O)[C@H](C)S[C@H]2c2ccc(C(C)(C)C)cc2)CC1. The van der Waals surface area contributed by atoms with Crippen molar-refractivity contribution in [3.63, 3.8) is 0 Å². The zero-order valence-corrected chi connectivity index (χ0v) is 20.1. The Morgan fingerprint density at radius 3 is 2.30 bits per heavy atom. The maximum Gasteiger partial charge on any atom is 0.317 e. The van der Waals surface area contributed by atoms with Crippen molar-refractivity contribution in [2.45, 2.75) is 76.5 Å². The Morgan fingerprint density at radius 2 is 1.77 bits per heavy atom. The summed E-state index contributed by atoms with van der Waals surface area (Å²) >= 11 is 1.75. The van der Waals surface area contributed by atoms with Gasteiger partial charge in [-0.25, -0.2) is 4.79 Å². The van der Waals surface area contributed by atoms with Crippen molar-refractivity contribution < 1.29 is 9.59 Å². The first-order valence-corrected chi connectivity index (χ1v) is 12.1. The first kappa shape index (κ1) is 23.0. The number of thioether (sulfide) groups is 1. The molecule has 0 aliphatic carbocycles. The lowest BCUT2D eigenvalue weighted by Crippen LogP contribution is -2.48. The van der Waals surface area contributed by atoms with Crippen LogP contribution < -0.4 is 5.32 Å². The summed E-state index contributed by atoms with van der Waals surface area (Å²) in [6.07, 6.45) is 1.90. The Labute approximate surface area is 186 Å². The summed E-state index contributed by atoms with van der Waals surface area (Å²) in [4.78, 5) is 29.1. The smallest absolute Gasteiger partial charge is 0.317 e. The van der Waals surface area contributed by atoms with Gasteiger partial charge in [-0.05, 0) is 56.1 Å². The number of benzene rings is 1. The molecule has 0 radical (unpaired) electrons. The van der Waals surface area contributed by atoms with Crippen LogP contribution in [0.3, 0.4) is 0 Å². The van der Waals surface area contributed by atoms with Gasteiger partial charge >= 0.3 is 6.03 Å². The second-order valence-electron chi connectivity index (χ2n) is 10.0. The fourth-order valence-electron chi connectivity index (χ4n) is 4.20. The van der Waals surface area contributed by atoms with Crippen molar-refractivity contribution in [1.82, 2.24) is 15.1 Å². The minimum atomic E-state index is -0.00537. The van der Waals surface area contributed by atoms with Crippen molar-refractivity contribution in [1.29, 1.82) is 0 Å². The Morgan fingerprint density at radius 1 is 1.17 bits per heavy atom. The molecule has 0 unspecified atom stereocenters. The third-order valence-electron chi connectivity index (χ3n) is 6.08. The largest absolute Gasteiger partial charge is 0.336 e. The molecule has 2 fully saturated rings. The van der Waals surface area contributed by atoms with Gasteiger partial charge in [-0.2, -0.15) is 0 Å². The summed E-state index contributed by atoms with van der Waals surface area (Å²) in [5, 5.41) is 3.06. The summed E-state index contributed by atoms with van der Waals surface area (Å²) in [6, 6.07) is 8.97. The maximum absolute atomic E-state index is 12.9. The monoisotopic (exact) mass is 431 g/mol. The minimum Gasteiger partial charge on any atom is -0.336 e. The topological polar surface area (TPSA) is 52.7 Å². The van der Waals surface area contributed by atoms with Crippen molar-refractivity contribution in [2.24, 2.45) is 5.92 Å². The predicted octanol–water partition coefficient (Wildman–Crippen LogP) is 4.78. The van der Waals surface area contributed by atoms with E-state index in [4.69, 9.17) is 0 Å². The maximum atomic E-state index is 12.9. The fraction of sp³-hybridized carbons (Fsp3) is 0.667. The molecule has 30 heavy (non-hydrogen) atoms. The molecular formula is C24H37N3O2S. The van der Waals surface area contributed by atoms with Gasteiger partial charge in [-0.3, -0.25) is 4.79 Å². The molecule has 1 aromatic rings. The highest BCUT2D eigenvalue weighted by molar-refractivity contribution is 8.01. The van der Waals surface area contributed by atoms with Crippen LogP contribution in [0.4, 0.5) is 4.79 Å². The van der Waals surface area contributed by atoms with E-state index in [9.17, 15) is 9.59 Å². The second kappa shape index (κ2) is 9.21. The molecular weight excluding hydrogens is 394 g/mol. The number of carbonyl (C=O) groups is 2. The predicted molar refractivity (Wildman–Crippen MR) is 125 cm³/mol. The molecule has 2 heterocycles. The van der Waals surface area contributed by atoms with Crippen LogP contribution in [0, 0.1) is 5.92 Å². The Kier molecular flexibility index (Phi) is 7.05. The zero-order chi connectivity index (χ0) is 22.1. The van der Waals surface area contributed by atoms with Crippen molar-refractivity contribution >= 4 is 23.7 Å². The van der Waals surface area contributed by atoms with Crippen LogP contribution in [-0.2, 0) is 10.2 Å². The van der Waals surface area contributed by atoms with E-state index in [1.54, 1.807) is 11.8 Å². The summed E-state index contributed by atoms with van der Waals surface area (Å²) in [7, 11) is 0. The molecule has 0 aromatic heterocycles. The molecule has 1 N–H and O–H groups in total. The minimum absolute atomic E-state index is 0.00537. The van der Waals surface area contributed by atoms with E-state index < -0.39 is 0 Å². The Balaban J connectivity index is 1.64. The van der Waals surface area contributed by atoms with E-state index in [1.807, 2.05) is 25.7 Å². The summed E-state index contributed by atoms with van der Waals surface area (Å²) < 4.78 is 0. The summed E-state index contributed by atoms with van der Waals surface area (Å²) in [5.41, 5.74) is 2.65. The van der Waals surface area contributed by atoms with Crippen LogP contribution in [0.2, 0.25) is 0 Å². The van der Waals surface area contributed by atoms with E-state index in [-0.39, 0.29) is 34.0 Å². The van der Waals surface area contributed by atoms with E-state index in [0.717, 1.165) is 32.5 Å². The van der Waals surface area contributed by atoms with Crippen LogP contribution in [0.1, 0.15) is 70.9 Å². The number of amides is 3. The van der Waals surface area contributed by atoms with Crippen molar-refractivity contribution in [3.8, 4) is 0 Å². The van der Waals surface area contributed by atoms with Gasteiger partial charge < -0.3 is 15.1 Å². The van der Waals surface area contributed by atoms with E-state index in [0.29, 0.717) is 5.92 Å². The summed E-state index contributed by atoms with van der Waals surface area (Å²) in [6.45, 7) is 14.9. The lowest BCUT2D eigenvalue weighted by Gasteiger charge is -2.35. The van der Waals surface area contributed by atoms with Crippen LogP contribution in [0.5, 0.6) is 0 Å². The average Bonchev–Trinajstić information content (AvgIpc) is 2.96. The molecule has 3 amide bonds. The number of nitrogens with zero attached hydrogens (tertiary/aromatic N) is 2. The number of nitrogens with one attached hydrogen (secondary N) is 1. The lowest BCUT2D eigenvalue weighted by atomic mass is 9.86. The number of hydrogen-bond acceptors (Lipinski definition) is 3. The van der Waals surface area contributed by atoms with Gasteiger partial charge in [-0.1, -0.05) is 45.0 Å². The van der Waals surface area contributed by atoms with Crippen molar-refractivity contribution in [3.05, 3.63) is 35.4 Å². The first-order valence-electron chi connectivity index (χ1n) is 11.2. The van der Waals surface area contributed by atoms with Crippen LogP contribution >= 0.6 is 11.8 Å². The zero-order valence-electron chi connectivity index (χ0n) is 19.3. The van der Waals surface area contributed by atoms with Crippen LogP contribution in [-0.4, -0.2) is 52.7 Å². The second-order valence-corrected chi connectivity index (χ2v) is 11.5. The molecule has 0 bridgehead atoms. The number of piperidine rings is 1. The van der Waals surface area contributed by atoms with Gasteiger partial charge in [0.1, 0.15) is 5.37 Å². The number of likely N-dealkylation sites (tertiary alicyclic amines) is 1. The number of rotatable bonds is 4. The molecule has 0 spiro atoms. The normalized spacial score (nSPS) is 23.4. The van der Waals surface area contributed by atoms with Gasteiger partial charge in [0, 0.05) is 25.7 Å². The molecule has 2 atom stereocenters. The van der Waals surface area contributed by atoms with E-state index in [1.165, 1.54) is 11.1 Å².